The molecule has 1 rings (SSSR count). The molecule has 11 heteroatoms. The van der Waals surface area contributed by atoms with Crippen molar-refractivity contribution in [1.29, 1.82) is 0 Å². The van der Waals surface area contributed by atoms with Gasteiger partial charge in [-0.25, -0.2) is 22.7 Å². The Kier molecular flexibility index (Phi) is 6.13. The van der Waals surface area contributed by atoms with Gasteiger partial charge in [0.05, 0.1) is 3.79 Å². The summed E-state index contributed by atoms with van der Waals surface area (Å²) >= 11 is 3.85. The maximum Gasteiger partial charge on any atom is 0.345 e. The molecule has 0 radical (unpaired) electrons. The summed E-state index contributed by atoms with van der Waals surface area (Å²) < 4.78 is 26.5. The number of sulfonamides is 1. The van der Waals surface area contributed by atoms with Crippen molar-refractivity contribution in [3.8, 4) is 0 Å². The predicted octanol–water partition coefficient (Wildman–Crippen LogP) is 0.758. The number of carbonyl (C=O) groups excluding carboxylic acids is 1. The lowest BCUT2D eigenvalue weighted by Gasteiger charge is -2.12. The average molecular weight is 400 g/mol. The molecule has 3 N–H and O–H groups in total. The Morgan fingerprint density at radius 3 is 2.48 bits per heavy atom. The molecular weight excluding hydrogens is 386 g/mol. The van der Waals surface area contributed by atoms with Crippen LogP contribution in [0.1, 0.15) is 9.67 Å². The van der Waals surface area contributed by atoms with Crippen LogP contribution in [0.5, 0.6) is 0 Å². The summed E-state index contributed by atoms with van der Waals surface area (Å²) in [6.07, 6.45) is 0. The molecule has 2 amide bonds. The first-order valence-corrected chi connectivity index (χ1v) is 8.72. The maximum absolute atomic E-state index is 12.0. The largest absolute Gasteiger partial charge is 0.477 e. The van der Waals surface area contributed by atoms with Gasteiger partial charge in [0.2, 0.25) is 10.0 Å². The number of carbonyl (C=O) groups is 2. The molecule has 0 bridgehead atoms. The number of nitrogens with one attached hydrogen (secondary N) is 2. The van der Waals surface area contributed by atoms with Gasteiger partial charge in [-0.2, -0.15) is 0 Å². The number of hydrogen-bond donors (Lipinski definition) is 3. The van der Waals surface area contributed by atoms with Crippen LogP contribution in [0.2, 0.25) is 0 Å². The smallest absolute Gasteiger partial charge is 0.345 e. The van der Waals surface area contributed by atoms with E-state index in [1.54, 1.807) is 14.1 Å². The highest BCUT2D eigenvalue weighted by Crippen LogP contribution is 2.31. The normalized spacial score (nSPS) is 11.2. The molecule has 1 heterocycles. The first-order chi connectivity index (χ1) is 9.65. The van der Waals surface area contributed by atoms with E-state index in [0.29, 0.717) is 0 Å². The van der Waals surface area contributed by atoms with Crippen molar-refractivity contribution in [3.63, 3.8) is 0 Å². The highest BCUT2D eigenvalue weighted by atomic mass is 79.9. The number of hydrogen-bond acceptors (Lipinski definition) is 5. The second-order valence-electron chi connectivity index (χ2n) is 4.08. The monoisotopic (exact) mass is 399 g/mol. The molecule has 0 aromatic carbocycles. The van der Waals surface area contributed by atoms with Crippen LogP contribution >= 0.6 is 27.3 Å². The van der Waals surface area contributed by atoms with Gasteiger partial charge < -0.3 is 15.3 Å². The number of halogens is 1. The topological polar surface area (TPSA) is 116 Å². The lowest BCUT2D eigenvalue weighted by Crippen LogP contribution is -2.39. The van der Waals surface area contributed by atoms with Crippen molar-refractivity contribution in [1.82, 2.24) is 14.9 Å². The molecule has 0 aliphatic heterocycles. The standard InChI is InChI=1S/C10H14BrN3O5S2/c1-14(2)10(17)12-3-4-13-21(18,19)7-5-6(9(15)16)20-8(7)11/h5,13H,3-4H2,1-2H3,(H,12,17)(H,15,16). The van der Waals surface area contributed by atoms with Crippen LogP contribution < -0.4 is 10.0 Å². The third-order valence-corrected chi connectivity index (χ3v) is 5.96. The van der Waals surface area contributed by atoms with Gasteiger partial charge in [0.15, 0.2) is 0 Å². The summed E-state index contributed by atoms with van der Waals surface area (Å²) in [7, 11) is -0.707. The molecule has 0 aliphatic rings. The fraction of sp³-hybridized carbons (Fsp3) is 0.400. The van der Waals surface area contributed by atoms with Crippen LogP contribution in [0.25, 0.3) is 0 Å². The van der Waals surface area contributed by atoms with Crippen molar-refractivity contribution >= 4 is 49.3 Å². The van der Waals surface area contributed by atoms with Gasteiger partial charge in [-0.3, -0.25) is 0 Å². The van der Waals surface area contributed by atoms with Crippen LogP contribution in [0, 0.1) is 0 Å². The maximum atomic E-state index is 12.0. The number of nitrogens with zero attached hydrogens (tertiary/aromatic N) is 1. The van der Waals surface area contributed by atoms with E-state index in [0.717, 1.165) is 17.4 Å². The van der Waals surface area contributed by atoms with Crippen molar-refractivity contribution in [2.24, 2.45) is 0 Å². The first kappa shape index (κ1) is 17.9. The minimum absolute atomic E-state index is 0.00734. The number of aromatic carboxylic acids is 1. The molecule has 0 spiro atoms. The summed E-state index contributed by atoms with van der Waals surface area (Å²) in [6.45, 7) is 0.108. The van der Waals surface area contributed by atoms with Gasteiger partial charge in [-0.05, 0) is 22.0 Å². The minimum Gasteiger partial charge on any atom is -0.477 e. The number of amides is 2. The molecule has 0 fully saturated rings. The second-order valence-corrected chi connectivity index (χ2v) is 8.18. The quantitative estimate of drug-likeness (QED) is 0.610. The molecule has 118 valence electrons. The Labute approximate surface area is 134 Å². The highest BCUT2D eigenvalue weighted by molar-refractivity contribution is 9.11. The second kappa shape index (κ2) is 7.20. The van der Waals surface area contributed by atoms with E-state index in [4.69, 9.17) is 5.11 Å². The number of rotatable bonds is 6. The van der Waals surface area contributed by atoms with Gasteiger partial charge in [0.1, 0.15) is 9.77 Å². The Balaban J connectivity index is 2.66. The summed E-state index contributed by atoms with van der Waals surface area (Å²) in [5.74, 6) is -1.19. The van der Waals surface area contributed by atoms with E-state index in [9.17, 15) is 18.0 Å². The zero-order valence-corrected chi connectivity index (χ0v) is 14.4. The third kappa shape index (κ3) is 4.95. The molecule has 0 saturated carbocycles. The number of urea groups is 1. The van der Waals surface area contributed by atoms with Crippen LogP contribution in [-0.2, 0) is 10.0 Å². The van der Waals surface area contributed by atoms with Gasteiger partial charge in [-0.1, -0.05) is 0 Å². The number of carboxylic acids is 1. The Morgan fingerprint density at radius 1 is 1.38 bits per heavy atom. The lowest BCUT2D eigenvalue weighted by molar-refractivity contribution is 0.0702. The van der Waals surface area contributed by atoms with Gasteiger partial charge in [-0.15, -0.1) is 11.3 Å². The molecule has 0 aliphatic carbocycles. The summed E-state index contributed by atoms with van der Waals surface area (Å²) in [6, 6.07) is 0.747. The number of carboxylic acid groups (broad SMARTS) is 1. The van der Waals surface area contributed by atoms with E-state index in [1.807, 2.05) is 0 Å². The number of thiophene rings is 1. The molecule has 1 aromatic rings. The van der Waals surface area contributed by atoms with Crippen molar-refractivity contribution in [2.75, 3.05) is 27.2 Å². The highest BCUT2D eigenvalue weighted by Gasteiger charge is 2.22. The fourth-order valence-electron chi connectivity index (χ4n) is 1.23. The molecular formula is C10H14BrN3O5S2. The SMILES string of the molecule is CN(C)C(=O)NCCNS(=O)(=O)c1cc(C(=O)O)sc1Br. The van der Waals surface area contributed by atoms with E-state index >= 15 is 0 Å². The van der Waals surface area contributed by atoms with Gasteiger partial charge in [0.25, 0.3) is 0 Å². The van der Waals surface area contributed by atoms with Crippen LogP contribution in [0.3, 0.4) is 0 Å². The van der Waals surface area contributed by atoms with Gasteiger partial charge in [0, 0.05) is 27.2 Å². The summed E-state index contributed by atoms with van der Waals surface area (Å²) in [4.78, 5) is 23.2. The first-order valence-electron chi connectivity index (χ1n) is 5.62. The van der Waals surface area contributed by atoms with Crippen LogP contribution in [0.15, 0.2) is 14.7 Å². The van der Waals surface area contributed by atoms with E-state index < -0.39 is 16.0 Å². The molecule has 1 aromatic heterocycles. The van der Waals surface area contributed by atoms with Crippen molar-refractivity contribution in [3.05, 3.63) is 14.7 Å². The van der Waals surface area contributed by atoms with E-state index in [2.05, 4.69) is 26.0 Å². The molecule has 21 heavy (non-hydrogen) atoms. The molecule has 0 saturated heterocycles. The Morgan fingerprint density at radius 2 is 2.00 bits per heavy atom. The zero-order valence-electron chi connectivity index (χ0n) is 11.2. The van der Waals surface area contributed by atoms with Crippen molar-refractivity contribution in [2.45, 2.75) is 4.90 Å². The Hall–Kier alpha value is -1.17. The van der Waals surface area contributed by atoms with E-state index in [-0.39, 0.29) is 32.7 Å². The zero-order chi connectivity index (χ0) is 16.2. The molecule has 0 unspecified atom stereocenters. The minimum atomic E-state index is -3.84. The third-order valence-electron chi connectivity index (χ3n) is 2.26. The molecule has 0 atom stereocenters. The van der Waals surface area contributed by atoms with Crippen LogP contribution in [-0.4, -0.2) is 57.6 Å². The van der Waals surface area contributed by atoms with Crippen molar-refractivity contribution < 1.29 is 23.1 Å². The summed E-state index contributed by atoms with van der Waals surface area (Å²) in [5.41, 5.74) is 0. The van der Waals surface area contributed by atoms with E-state index in [1.165, 1.54) is 4.90 Å². The molecule has 8 nitrogen and oxygen atoms in total. The predicted molar refractivity (Wildman–Crippen MR) is 81.3 cm³/mol. The van der Waals surface area contributed by atoms with Gasteiger partial charge >= 0.3 is 12.0 Å². The van der Waals surface area contributed by atoms with Crippen LogP contribution in [0.4, 0.5) is 4.79 Å². The lowest BCUT2D eigenvalue weighted by atomic mass is 10.5. The average Bonchev–Trinajstić information content (AvgIpc) is 2.77. The fourth-order valence-corrected chi connectivity index (χ4v) is 4.66. The summed E-state index contributed by atoms with van der Waals surface area (Å²) in [5, 5.41) is 11.3. The Bertz CT molecular complexity index is 641.